The van der Waals surface area contributed by atoms with Crippen LogP contribution in [-0.4, -0.2) is 24.3 Å². The first kappa shape index (κ1) is 22.6. The smallest absolute Gasteiger partial charge is 0.253 e. The van der Waals surface area contributed by atoms with E-state index in [1.165, 1.54) is 0 Å². The number of benzene rings is 3. The molecule has 3 amide bonds. The Morgan fingerprint density at radius 1 is 1.00 bits per heavy atom. The first-order valence-electron chi connectivity index (χ1n) is 10.7. The molecule has 3 aromatic rings. The number of aryl methyl sites for hydroxylation is 1. The average molecular weight is 462 g/mol. The zero-order valence-electron chi connectivity index (χ0n) is 18.2. The standard InChI is InChI=1S/C26H24ClN3O3/c1-17-6-8-18(9-7-17)15-28-26(33)22-4-2-3-5-23(22)29-25(32)19-14-24(31)30(16-19)21-12-10-20(27)11-13-21/h2-13,19H,14-16H2,1H3,(H,28,33)(H,29,32). The summed E-state index contributed by atoms with van der Waals surface area (Å²) in [5.74, 6) is -1.21. The second kappa shape index (κ2) is 9.88. The third-order valence-electron chi connectivity index (χ3n) is 5.64. The zero-order valence-corrected chi connectivity index (χ0v) is 18.9. The lowest BCUT2D eigenvalue weighted by atomic mass is 10.1. The van der Waals surface area contributed by atoms with Gasteiger partial charge in [-0.15, -0.1) is 0 Å². The fourth-order valence-corrected chi connectivity index (χ4v) is 3.89. The molecular formula is C26H24ClN3O3. The van der Waals surface area contributed by atoms with Gasteiger partial charge in [-0.05, 0) is 48.9 Å². The molecule has 168 valence electrons. The van der Waals surface area contributed by atoms with Crippen LogP contribution in [0.3, 0.4) is 0 Å². The first-order valence-corrected chi connectivity index (χ1v) is 11.1. The molecule has 1 fully saturated rings. The van der Waals surface area contributed by atoms with Crippen molar-refractivity contribution in [1.82, 2.24) is 5.32 Å². The normalized spacial score (nSPS) is 15.4. The van der Waals surface area contributed by atoms with Crippen molar-refractivity contribution < 1.29 is 14.4 Å². The lowest BCUT2D eigenvalue weighted by Crippen LogP contribution is -2.29. The summed E-state index contributed by atoms with van der Waals surface area (Å²) in [5, 5.41) is 6.32. The number of carbonyl (C=O) groups is 3. The first-order chi connectivity index (χ1) is 15.9. The number of hydrogen-bond acceptors (Lipinski definition) is 3. The fourth-order valence-electron chi connectivity index (χ4n) is 3.76. The molecule has 3 aromatic carbocycles. The number of hydrogen-bond donors (Lipinski definition) is 2. The van der Waals surface area contributed by atoms with Crippen molar-refractivity contribution in [2.75, 3.05) is 16.8 Å². The third kappa shape index (κ3) is 5.41. The molecule has 33 heavy (non-hydrogen) atoms. The van der Waals surface area contributed by atoms with Gasteiger partial charge in [0.25, 0.3) is 5.91 Å². The van der Waals surface area contributed by atoms with E-state index in [1.54, 1.807) is 53.4 Å². The number of carbonyl (C=O) groups excluding carboxylic acids is 3. The van der Waals surface area contributed by atoms with Crippen LogP contribution in [0.15, 0.2) is 72.8 Å². The quantitative estimate of drug-likeness (QED) is 0.564. The Labute approximate surface area is 197 Å². The molecule has 2 N–H and O–H groups in total. The molecule has 6 nitrogen and oxygen atoms in total. The van der Waals surface area contributed by atoms with Gasteiger partial charge >= 0.3 is 0 Å². The van der Waals surface area contributed by atoms with Crippen LogP contribution in [0, 0.1) is 12.8 Å². The van der Waals surface area contributed by atoms with Gasteiger partial charge in [0.15, 0.2) is 0 Å². The highest BCUT2D eigenvalue weighted by molar-refractivity contribution is 6.30. The molecule has 0 aromatic heterocycles. The molecule has 1 aliphatic heterocycles. The van der Waals surface area contributed by atoms with Gasteiger partial charge < -0.3 is 15.5 Å². The molecule has 1 atom stereocenters. The van der Waals surface area contributed by atoms with E-state index in [-0.39, 0.29) is 30.7 Å². The van der Waals surface area contributed by atoms with E-state index < -0.39 is 5.92 Å². The monoisotopic (exact) mass is 461 g/mol. The molecular weight excluding hydrogens is 438 g/mol. The highest BCUT2D eigenvalue weighted by Crippen LogP contribution is 2.27. The molecule has 1 unspecified atom stereocenters. The highest BCUT2D eigenvalue weighted by Gasteiger charge is 2.35. The van der Waals surface area contributed by atoms with Crippen molar-refractivity contribution in [2.24, 2.45) is 5.92 Å². The van der Waals surface area contributed by atoms with Crippen LogP contribution in [0.1, 0.15) is 27.9 Å². The van der Waals surface area contributed by atoms with E-state index in [4.69, 9.17) is 11.6 Å². The van der Waals surface area contributed by atoms with Crippen LogP contribution in [0.25, 0.3) is 0 Å². The second-order valence-electron chi connectivity index (χ2n) is 8.08. The largest absolute Gasteiger partial charge is 0.348 e. The summed E-state index contributed by atoms with van der Waals surface area (Å²) >= 11 is 5.93. The van der Waals surface area contributed by atoms with Crippen molar-refractivity contribution in [1.29, 1.82) is 0 Å². The maximum atomic E-state index is 12.9. The van der Waals surface area contributed by atoms with Crippen LogP contribution in [0.4, 0.5) is 11.4 Å². The summed E-state index contributed by atoms with van der Waals surface area (Å²) in [6, 6.07) is 21.7. The fraction of sp³-hybridized carbons (Fsp3) is 0.192. The summed E-state index contributed by atoms with van der Waals surface area (Å²) in [5.41, 5.74) is 3.63. The SMILES string of the molecule is Cc1ccc(CNC(=O)c2ccccc2NC(=O)C2CC(=O)N(c3ccc(Cl)cc3)C2)cc1. The molecule has 1 aliphatic rings. The van der Waals surface area contributed by atoms with Crippen LogP contribution in [0.2, 0.25) is 5.02 Å². The van der Waals surface area contributed by atoms with Crippen molar-refractivity contribution in [3.8, 4) is 0 Å². The van der Waals surface area contributed by atoms with E-state index in [0.29, 0.717) is 28.5 Å². The van der Waals surface area contributed by atoms with Crippen LogP contribution in [-0.2, 0) is 16.1 Å². The van der Waals surface area contributed by atoms with Crippen LogP contribution < -0.4 is 15.5 Å². The van der Waals surface area contributed by atoms with E-state index >= 15 is 0 Å². The molecule has 0 aliphatic carbocycles. The van der Waals surface area contributed by atoms with Gasteiger partial charge in [0.1, 0.15) is 0 Å². The van der Waals surface area contributed by atoms with Gasteiger partial charge in [-0.1, -0.05) is 53.6 Å². The second-order valence-corrected chi connectivity index (χ2v) is 8.52. The van der Waals surface area contributed by atoms with Gasteiger partial charge in [-0.3, -0.25) is 14.4 Å². The van der Waals surface area contributed by atoms with Gasteiger partial charge in [-0.2, -0.15) is 0 Å². The Hall–Kier alpha value is -3.64. The molecule has 0 spiro atoms. The molecule has 4 rings (SSSR count). The molecule has 1 saturated heterocycles. The van der Waals surface area contributed by atoms with Gasteiger partial charge in [0, 0.05) is 30.2 Å². The maximum absolute atomic E-state index is 12.9. The topological polar surface area (TPSA) is 78.5 Å². The van der Waals surface area contributed by atoms with Crippen molar-refractivity contribution >= 4 is 40.7 Å². The number of amides is 3. The number of anilines is 2. The lowest BCUT2D eigenvalue weighted by molar-refractivity contribution is -0.122. The summed E-state index contributed by atoms with van der Waals surface area (Å²) < 4.78 is 0. The zero-order chi connectivity index (χ0) is 23.4. The van der Waals surface area contributed by atoms with Crippen molar-refractivity contribution in [3.05, 3.63) is 94.5 Å². The molecule has 1 heterocycles. The summed E-state index contributed by atoms with van der Waals surface area (Å²) in [7, 11) is 0. The molecule has 0 radical (unpaired) electrons. The lowest BCUT2D eigenvalue weighted by Gasteiger charge is -2.17. The minimum Gasteiger partial charge on any atom is -0.348 e. The molecule has 0 saturated carbocycles. The number of rotatable bonds is 6. The number of halogens is 1. The Morgan fingerprint density at radius 3 is 2.42 bits per heavy atom. The van der Waals surface area contributed by atoms with Crippen molar-refractivity contribution in [3.63, 3.8) is 0 Å². The summed E-state index contributed by atoms with van der Waals surface area (Å²) in [6.07, 6.45) is 0.107. The van der Waals surface area contributed by atoms with Crippen LogP contribution >= 0.6 is 11.6 Å². The van der Waals surface area contributed by atoms with E-state index in [2.05, 4.69) is 10.6 Å². The van der Waals surface area contributed by atoms with Crippen molar-refractivity contribution in [2.45, 2.75) is 19.9 Å². The van der Waals surface area contributed by atoms with E-state index in [1.807, 2.05) is 31.2 Å². The third-order valence-corrected chi connectivity index (χ3v) is 5.89. The maximum Gasteiger partial charge on any atom is 0.253 e. The average Bonchev–Trinajstić information content (AvgIpc) is 3.21. The predicted octanol–water partition coefficient (Wildman–Crippen LogP) is 4.57. The number of nitrogens with one attached hydrogen (secondary N) is 2. The Bertz CT molecular complexity index is 1180. The predicted molar refractivity (Wildman–Crippen MR) is 129 cm³/mol. The number of nitrogens with zero attached hydrogens (tertiary/aromatic N) is 1. The van der Waals surface area contributed by atoms with E-state index in [9.17, 15) is 14.4 Å². The van der Waals surface area contributed by atoms with Gasteiger partial charge in [-0.25, -0.2) is 0 Å². The highest BCUT2D eigenvalue weighted by atomic mass is 35.5. The molecule has 7 heteroatoms. The Balaban J connectivity index is 1.41. The summed E-state index contributed by atoms with van der Waals surface area (Å²) in [4.78, 5) is 39.8. The number of para-hydroxylation sites is 1. The van der Waals surface area contributed by atoms with Gasteiger partial charge in [0.2, 0.25) is 11.8 Å². The van der Waals surface area contributed by atoms with E-state index in [0.717, 1.165) is 11.1 Å². The minimum atomic E-state index is -0.517. The Morgan fingerprint density at radius 2 is 1.70 bits per heavy atom. The van der Waals surface area contributed by atoms with Crippen LogP contribution in [0.5, 0.6) is 0 Å². The summed E-state index contributed by atoms with van der Waals surface area (Å²) in [6.45, 7) is 2.66. The molecule has 0 bridgehead atoms. The minimum absolute atomic E-state index is 0.107. The Kier molecular flexibility index (Phi) is 6.75. The van der Waals surface area contributed by atoms with Gasteiger partial charge in [0.05, 0.1) is 17.2 Å².